The summed E-state index contributed by atoms with van der Waals surface area (Å²) in [5.41, 5.74) is 2.11. The smallest absolute Gasteiger partial charge is 0.407 e. The molecule has 1 amide bonds. The van der Waals surface area contributed by atoms with Gasteiger partial charge in [0.05, 0.1) is 6.54 Å². The second-order valence-corrected chi connectivity index (χ2v) is 3.74. The van der Waals surface area contributed by atoms with Crippen molar-refractivity contribution in [2.75, 3.05) is 6.54 Å². The fraction of sp³-hybridized carbons (Fsp3) is 0.300. The van der Waals surface area contributed by atoms with Crippen LogP contribution in [0.5, 0.6) is 0 Å². The number of benzene rings is 1. The van der Waals surface area contributed by atoms with Crippen molar-refractivity contribution in [2.24, 2.45) is 0 Å². The summed E-state index contributed by atoms with van der Waals surface area (Å²) in [6.45, 7) is 0.965. The average Bonchev–Trinajstić information content (AvgIpc) is 2.18. The van der Waals surface area contributed by atoms with Crippen molar-refractivity contribution < 1.29 is 9.90 Å². The minimum Gasteiger partial charge on any atom is -0.465 e. The van der Waals surface area contributed by atoms with Crippen LogP contribution in [0.25, 0.3) is 0 Å². The third-order valence-electron chi connectivity index (χ3n) is 2.49. The molecule has 0 saturated heterocycles. The Hall–Kier alpha value is -1.22. The second kappa shape index (κ2) is 3.50. The lowest BCUT2D eigenvalue weighted by Gasteiger charge is -2.26. The van der Waals surface area contributed by atoms with E-state index in [1.807, 2.05) is 12.1 Å². The average molecular weight is 212 g/mol. The standard InChI is InChI=1S/C10H10ClNO2/c11-9-3-1-2-7-4-5-12(10(13)14)6-8(7)9/h1-3H,4-6H2,(H,13,14). The van der Waals surface area contributed by atoms with E-state index in [1.54, 1.807) is 6.07 Å². The van der Waals surface area contributed by atoms with Crippen molar-refractivity contribution in [1.29, 1.82) is 0 Å². The number of rotatable bonds is 0. The second-order valence-electron chi connectivity index (χ2n) is 3.33. The summed E-state index contributed by atoms with van der Waals surface area (Å²) >= 11 is 5.99. The van der Waals surface area contributed by atoms with Gasteiger partial charge in [-0.05, 0) is 23.6 Å². The highest BCUT2D eigenvalue weighted by atomic mass is 35.5. The van der Waals surface area contributed by atoms with Crippen LogP contribution in [0.15, 0.2) is 18.2 Å². The molecule has 0 bridgehead atoms. The zero-order chi connectivity index (χ0) is 10.1. The van der Waals surface area contributed by atoms with Gasteiger partial charge in [0.15, 0.2) is 0 Å². The van der Waals surface area contributed by atoms with Gasteiger partial charge in [0, 0.05) is 11.6 Å². The minimum atomic E-state index is -0.879. The minimum absolute atomic E-state index is 0.407. The maximum Gasteiger partial charge on any atom is 0.407 e. The van der Waals surface area contributed by atoms with E-state index in [4.69, 9.17) is 16.7 Å². The van der Waals surface area contributed by atoms with E-state index in [0.29, 0.717) is 18.1 Å². The lowest BCUT2D eigenvalue weighted by molar-refractivity contribution is 0.140. The van der Waals surface area contributed by atoms with Crippen molar-refractivity contribution >= 4 is 17.7 Å². The summed E-state index contributed by atoms with van der Waals surface area (Å²) in [6, 6.07) is 5.70. The maximum absolute atomic E-state index is 10.8. The van der Waals surface area contributed by atoms with Gasteiger partial charge < -0.3 is 10.0 Å². The molecular weight excluding hydrogens is 202 g/mol. The Kier molecular flexibility index (Phi) is 2.33. The molecule has 0 atom stereocenters. The van der Waals surface area contributed by atoms with Gasteiger partial charge in [0.1, 0.15) is 0 Å². The molecular formula is C10H10ClNO2. The van der Waals surface area contributed by atoms with Crippen LogP contribution < -0.4 is 0 Å². The van der Waals surface area contributed by atoms with E-state index in [0.717, 1.165) is 17.5 Å². The molecule has 1 aromatic carbocycles. The molecule has 0 spiro atoms. The number of fused-ring (bicyclic) bond motifs is 1. The van der Waals surface area contributed by atoms with E-state index < -0.39 is 6.09 Å². The van der Waals surface area contributed by atoms with Crippen LogP contribution in [0, 0.1) is 0 Å². The summed E-state index contributed by atoms with van der Waals surface area (Å²) < 4.78 is 0. The molecule has 0 radical (unpaired) electrons. The highest BCUT2D eigenvalue weighted by Gasteiger charge is 2.21. The van der Waals surface area contributed by atoms with E-state index >= 15 is 0 Å². The molecule has 1 aliphatic heterocycles. The molecule has 74 valence electrons. The fourth-order valence-corrected chi connectivity index (χ4v) is 1.96. The summed E-state index contributed by atoms with van der Waals surface area (Å²) in [5, 5.41) is 9.50. The molecule has 14 heavy (non-hydrogen) atoms. The van der Waals surface area contributed by atoms with Gasteiger partial charge in [0.25, 0.3) is 0 Å². The van der Waals surface area contributed by atoms with Gasteiger partial charge in [0.2, 0.25) is 0 Å². The van der Waals surface area contributed by atoms with E-state index in [1.165, 1.54) is 4.90 Å². The quantitative estimate of drug-likeness (QED) is 0.716. The van der Waals surface area contributed by atoms with Crippen molar-refractivity contribution in [3.05, 3.63) is 34.3 Å². The first-order valence-electron chi connectivity index (χ1n) is 4.42. The largest absolute Gasteiger partial charge is 0.465 e. The molecule has 1 N–H and O–H groups in total. The summed E-state index contributed by atoms with van der Waals surface area (Å²) in [4.78, 5) is 12.1. The maximum atomic E-state index is 10.8. The first-order chi connectivity index (χ1) is 6.68. The third kappa shape index (κ3) is 1.55. The number of halogens is 1. The first kappa shape index (κ1) is 9.34. The van der Waals surface area contributed by atoms with Crippen molar-refractivity contribution in [2.45, 2.75) is 13.0 Å². The van der Waals surface area contributed by atoms with Crippen LogP contribution in [-0.4, -0.2) is 22.6 Å². The third-order valence-corrected chi connectivity index (χ3v) is 2.84. The number of nitrogens with zero attached hydrogens (tertiary/aromatic N) is 1. The number of hydrogen-bond donors (Lipinski definition) is 1. The zero-order valence-corrected chi connectivity index (χ0v) is 8.29. The Morgan fingerprint density at radius 3 is 3.00 bits per heavy atom. The van der Waals surface area contributed by atoms with E-state index in [2.05, 4.69) is 0 Å². The molecule has 1 aromatic rings. The first-order valence-corrected chi connectivity index (χ1v) is 4.80. The Morgan fingerprint density at radius 2 is 2.29 bits per heavy atom. The van der Waals surface area contributed by atoms with Gasteiger partial charge in [-0.1, -0.05) is 23.7 Å². The van der Waals surface area contributed by atoms with Gasteiger partial charge >= 0.3 is 6.09 Å². The number of carbonyl (C=O) groups is 1. The number of carboxylic acid groups (broad SMARTS) is 1. The Bertz CT molecular complexity index is 378. The molecule has 1 aliphatic rings. The molecule has 0 unspecified atom stereocenters. The monoisotopic (exact) mass is 211 g/mol. The van der Waals surface area contributed by atoms with E-state index in [-0.39, 0.29) is 0 Å². The van der Waals surface area contributed by atoms with Crippen LogP contribution >= 0.6 is 11.6 Å². The lowest BCUT2D eigenvalue weighted by Crippen LogP contribution is -2.34. The summed E-state index contributed by atoms with van der Waals surface area (Å²) in [7, 11) is 0. The summed E-state index contributed by atoms with van der Waals surface area (Å²) in [6.07, 6.45) is -0.127. The summed E-state index contributed by atoms with van der Waals surface area (Å²) in [5.74, 6) is 0. The molecule has 0 aliphatic carbocycles. The molecule has 2 rings (SSSR count). The molecule has 4 heteroatoms. The van der Waals surface area contributed by atoms with Gasteiger partial charge in [-0.15, -0.1) is 0 Å². The van der Waals surface area contributed by atoms with Crippen molar-refractivity contribution in [3.63, 3.8) is 0 Å². The molecule has 0 saturated carbocycles. The molecule has 0 aromatic heterocycles. The van der Waals surface area contributed by atoms with Gasteiger partial charge in [-0.2, -0.15) is 0 Å². The number of amides is 1. The predicted octanol–water partition coefficient (Wildman–Crippen LogP) is 2.38. The SMILES string of the molecule is O=C(O)N1CCc2cccc(Cl)c2C1. The van der Waals surface area contributed by atoms with Crippen LogP contribution in [0.2, 0.25) is 5.02 Å². The normalized spacial score (nSPS) is 15.1. The Balaban J connectivity index is 2.33. The van der Waals surface area contributed by atoms with Crippen molar-refractivity contribution in [3.8, 4) is 0 Å². The zero-order valence-electron chi connectivity index (χ0n) is 7.53. The van der Waals surface area contributed by atoms with Crippen LogP contribution in [-0.2, 0) is 13.0 Å². The van der Waals surface area contributed by atoms with Gasteiger partial charge in [-0.25, -0.2) is 4.79 Å². The molecule has 1 heterocycles. The van der Waals surface area contributed by atoms with Crippen LogP contribution in [0.1, 0.15) is 11.1 Å². The Morgan fingerprint density at radius 1 is 1.50 bits per heavy atom. The fourth-order valence-electron chi connectivity index (χ4n) is 1.70. The highest BCUT2D eigenvalue weighted by molar-refractivity contribution is 6.31. The Labute approximate surface area is 86.9 Å². The van der Waals surface area contributed by atoms with Crippen LogP contribution in [0.4, 0.5) is 4.79 Å². The van der Waals surface area contributed by atoms with E-state index in [9.17, 15) is 4.79 Å². The molecule has 0 fully saturated rings. The topological polar surface area (TPSA) is 40.5 Å². The highest BCUT2D eigenvalue weighted by Crippen LogP contribution is 2.25. The van der Waals surface area contributed by atoms with Gasteiger partial charge in [-0.3, -0.25) is 0 Å². The predicted molar refractivity (Wildman–Crippen MR) is 53.6 cm³/mol. The van der Waals surface area contributed by atoms with Crippen LogP contribution in [0.3, 0.4) is 0 Å². The van der Waals surface area contributed by atoms with Crippen molar-refractivity contribution in [1.82, 2.24) is 4.90 Å². The molecule has 3 nitrogen and oxygen atoms in total. The lowest BCUT2D eigenvalue weighted by atomic mass is 10.0. The number of hydrogen-bond acceptors (Lipinski definition) is 1.